The zero-order chi connectivity index (χ0) is 25.4. The number of benzene rings is 2. The van der Waals surface area contributed by atoms with E-state index in [2.05, 4.69) is 11.9 Å². The molecule has 1 atom stereocenters. The molecule has 36 heavy (non-hydrogen) atoms. The fraction of sp³-hybridized carbons (Fsp3) is 0.321. The molecule has 4 aromatic rings. The first-order chi connectivity index (χ1) is 17.4. The van der Waals surface area contributed by atoms with E-state index < -0.39 is 6.04 Å². The van der Waals surface area contributed by atoms with E-state index in [4.69, 9.17) is 13.9 Å². The Morgan fingerprint density at radius 2 is 1.89 bits per heavy atom. The summed E-state index contributed by atoms with van der Waals surface area (Å²) in [5, 5.41) is 0.957. The summed E-state index contributed by atoms with van der Waals surface area (Å²) in [5.74, 6) is 0.833. The minimum atomic E-state index is -0.707. The number of rotatable bonds is 8. The van der Waals surface area contributed by atoms with Crippen molar-refractivity contribution in [2.45, 2.75) is 46.1 Å². The van der Waals surface area contributed by atoms with E-state index in [9.17, 15) is 9.59 Å². The van der Waals surface area contributed by atoms with Crippen LogP contribution >= 0.6 is 11.3 Å². The lowest BCUT2D eigenvalue weighted by Crippen LogP contribution is -2.29. The van der Waals surface area contributed by atoms with Gasteiger partial charge in [0.1, 0.15) is 5.58 Å². The quantitative estimate of drug-likeness (QED) is 0.266. The average Bonchev–Trinajstić information content (AvgIpc) is 3.37. The lowest BCUT2D eigenvalue weighted by atomic mass is 9.98. The van der Waals surface area contributed by atoms with Gasteiger partial charge in [-0.25, -0.2) is 4.98 Å². The number of carbonyl (C=O) groups is 1. The second kappa shape index (κ2) is 9.78. The van der Waals surface area contributed by atoms with Crippen LogP contribution in [0.3, 0.4) is 0 Å². The molecule has 0 fully saturated rings. The normalized spacial score (nSPS) is 14.9. The number of amides is 1. The molecule has 8 heteroatoms. The van der Waals surface area contributed by atoms with Gasteiger partial charge < -0.3 is 13.9 Å². The summed E-state index contributed by atoms with van der Waals surface area (Å²) in [7, 11) is 1.58. The van der Waals surface area contributed by atoms with E-state index in [-0.39, 0.29) is 17.1 Å². The number of fused-ring (bicyclic) bond motifs is 2. The molecule has 0 radical (unpaired) electrons. The highest BCUT2D eigenvalue weighted by atomic mass is 32.1. The van der Waals surface area contributed by atoms with Crippen molar-refractivity contribution >= 4 is 33.3 Å². The molecule has 0 spiro atoms. The van der Waals surface area contributed by atoms with Gasteiger partial charge in [-0.05, 0) is 50.1 Å². The number of aromatic nitrogens is 1. The van der Waals surface area contributed by atoms with Crippen LogP contribution in [0.15, 0.2) is 51.7 Å². The third kappa shape index (κ3) is 4.05. The summed E-state index contributed by atoms with van der Waals surface area (Å²) >= 11 is 1.42. The van der Waals surface area contributed by atoms with Gasteiger partial charge >= 0.3 is 0 Å². The number of hydrogen-bond acceptors (Lipinski definition) is 7. The van der Waals surface area contributed by atoms with Crippen LogP contribution in [0.4, 0.5) is 5.13 Å². The van der Waals surface area contributed by atoms with Crippen molar-refractivity contribution in [1.29, 1.82) is 0 Å². The number of hydrogen-bond donors (Lipinski definition) is 0. The van der Waals surface area contributed by atoms with Gasteiger partial charge in [-0.1, -0.05) is 38.0 Å². The highest BCUT2D eigenvalue weighted by Gasteiger charge is 2.45. The molecule has 0 unspecified atom stereocenters. The summed E-state index contributed by atoms with van der Waals surface area (Å²) in [6.07, 6.45) is 3.15. The smallest absolute Gasteiger partial charge is 0.297 e. The van der Waals surface area contributed by atoms with E-state index in [1.807, 2.05) is 32.0 Å². The summed E-state index contributed by atoms with van der Waals surface area (Å²) < 4.78 is 17.6. The Balaban J connectivity index is 1.66. The number of anilines is 1. The summed E-state index contributed by atoms with van der Waals surface area (Å²) in [6, 6.07) is 11.8. The number of carbonyl (C=O) groups excluding carboxylic acids is 1. The molecule has 0 N–H and O–H groups in total. The van der Waals surface area contributed by atoms with Crippen LogP contribution in [-0.4, -0.2) is 24.6 Å². The van der Waals surface area contributed by atoms with Gasteiger partial charge in [0.15, 0.2) is 22.1 Å². The fourth-order valence-corrected chi connectivity index (χ4v) is 5.44. The molecule has 1 aliphatic heterocycles. The van der Waals surface area contributed by atoms with Crippen LogP contribution < -0.4 is 19.8 Å². The van der Waals surface area contributed by atoms with Crippen LogP contribution in [0, 0.1) is 13.8 Å². The fourth-order valence-electron chi connectivity index (χ4n) is 4.50. The Morgan fingerprint density at radius 3 is 2.61 bits per heavy atom. The van der Waals surface area contributed by atoms with Gasteiger partial charge in [-0.3, -0.25) is 14.5 Å². The minimum Gasteiger partial charge on any atom is -0.493 e. The molecular formula is C28H28N2O5S. The highest BCUT2D eigenvalue weighted by molar-refractivity contribution is 7.15. The van der Waals surface area contributed by atoms with Crippen molar-refractivity contribution < 1.29 is 18.7 Å². The van der Waals surface area contributed by atoms with Crippen molar-refractivity contribution in [2.75, 3.05) is 18.6 Å². The number of ether oxygens (including phenoxy) is 2. The second-order valence-corrected chi connectivity index (χ2v) is 10.0. The maximum atomic E-state index is 13.7. The predicted octanol–water partition coefficient (Wildman–Crippen LogP) is 6.19. The molecule has 7 nitrogen and oxygen atoms in total. The summed E-state index contributed by atoms with van der Waals surface area (Å²) in [6.45, 7) is 6.61. The Bertz CT molecular complexity index is 1490. The van der Waals surface area contributed by atoms with Crippen molar-refractivity contribution in [3.8, 4) is 11.5 Å². The van der Waals surface area contributed by atoms with Gasteiger partial charge in [0.25, 0.3) is 5.91 Å². The monoisotopic (exact) mass is 504 g/mol. The van der Waals surface area contributed by atoms with Crippen molar-refractivity contribution in [3.63, 3.8) is 0 Å². The van der Waals surface area contributed by atoms with Crippen LogP contribution in [0.5, 0.6) is 11.5 Å². The molecule has 3 heterocycles. The zero-order valence-corrected chi connectivity index (χ0v) is 21.6. The van der Waals surface area contributed by atoms with Gasteiger partial charge in [-0.15, -0.1) is 11.3 Å². The van der Waals surface area contributed by atoms with Gasteiger partial charge in [0.2, 0.25) is 5.76 Å². The third-order valence-corrected chi connectivity index (χ3v) is 7.58. The Morgan fingerprint density at radius 1 is 1.08 bits per heavy atom. The lowest BCUT2D eigenvalue weighted by molar-refractivity contribution is 0.0971. The average molecular weight is 505 g/mol. The molecular weight excluding hydrogens is 476 g/mol. The van der Waals surface area contributed by atoms with E-state index >= 15 is 0 Å². The molecule has 186 valence electrons. The Labute approximate surface area is 213 Å². The molecule has 0 aliphatic carbocycles. The molecule has 0 bridgehead atoms. The van der Waals surface area contributed by atoms with Crippen LogP contribution in [-0.2, 0) is 0 Å². The van der Waals surface area contributed by atoms with E-state index in [0.29, 0.717) is 45.3 Å². The predicted molar refractivity (Wildman–Crippen MR) is 141 cm³/mol. The van der Waals surface area contributed by atoms with Crippen LogP contribution in [0.25, 0.3) is 11.0 Å². The number of aryl methyl sites for hydroxylation is 2. The van der Waals surface area contributed by atoms with Crippen molar-refractivity contribution in [1.82, 2.24) is 4.98 Å². The van der Waals surface area contributed by atoms with E-state index in [1.54, 1.807) is 36.3 Å². The summed E-state index contributed by atoms with van der Waals surface area (Å²) in [4.78, 5) is 34.6. The number of nitrogens with zero attached hydrogens (tertiary/aromatic N) is 2. The highest BCUT2D eigenvalue weighted by Crippen LogP contribution is 2.44. The molecule has 0 saturated carbocycles. The van der Waals surface area contributed by atoms with Gasteiger partial charge in [0, 0.05) is 4.88 Å². The third-order valence-electron chi connectivity index (χ3n) is 6.51. The molecule has 1 amide bonds. The maximum absolute atomic E-state index is 13.7. The van der Waals surface area contributed by atoms with Gasteiger partial charge in [0.05, 0.1) is 36.4 Å². The Kier molecular flexibility index (Phi) is 6.53. The first-order valence-corrected chi connectivity index (χ1v) is 12.9. The SMILES string of the molecule is CCCCCOc1ccc([C@H]2c3c(oc4ccccc4c3=O)C(=O)N2c2nc(C)c(C)s2)cc1OC. The number of para-hydroxylation sites is 1. The molecule has 2 aromatic heterocycles. The topological polar surface area (TPSA) is 81.9 Å². The van der Waals surface area contributed by atoms with Crippen LogP contribution in [0.1, 0.15) is 64.5 Å². The maximum Gasteiger partial charge on any atom is 0.297 e. The second-order valence-electron chi connectivity index (χ2n) is 8.85. The number of methoxy groups -OCH3 is 1. The standard InChI is InChI=1S/C28H28N2O5S/c1-5-6-9-14-34-21-13-12-18(15-22(21)33-4)24-23-25(31)19-10-7-8-11-20(19)35-26(23)27(32)30(24)28-29-16(2)17(3)36-28/h7-8,10-13,15,24H,5-6,9,14H2,1-4H3/t24-/m0/s1. The zero-order valence-electron chi connectivity index (χ0n) is 20.8. The first-order valence-electron chi connectivity index (χ1n) is 12.1. The molecule has 2 aromatic carbocycles. The van der Waals surface area contributed by atoms with Crippen molar-refractivity contribution in [3.05, 3.63) is 80.1 Å². The largest absolute Gasteiger partial charge is 0.493 e. The summed E-state index contributed by atoms with van der Waals surface area (Å²) in [5.41, 5.74) is 2.03. The van der Waals surface area contributed by atoms with Gasteiger partial charge in [-0.2, -0.15) is 0 Å². The van der Waals surface area contributed by atoms with Crippen molar-refractivity contribution in [2.24, 2.45) is 0 Å². The van der Waals surface area contributed by atoms with E-state index in [1.165, 1.54) is 11.3 Å². The lowest BCUT2D eigenvalue weighted by Gasteiger charge is -2.23. The number of unbranched alkanes of at least 4 members (excludes halogenated alkanes) is 2. The Hall–Kier alpha value is -3.65. The minimum absolute atomic E-state index is 0.0491. The molecule has 1 aliphatic rings. The first kappa shape index (κ1) is 24.1. The van der Waals surface area contributed by atoms with Crippen LogP contribution in [0.2, 0.25) is 0 Å². The number of thiazole rings is 1. The molecule has 0 saturated heterocycles. The molecule has 5 rings (SSSR count). The van der Waals surface area contributed by atoms with E-state index in [0.717, 1.165) is 29.8 Å².